The van der Waals surface area contributed by atoms with Gasteiger partial charge in [0.05, 0.1) is 18.3 Å². The van der Waals surface area contributed by atoms with Crippen LogP contribution in [0.15, 0.2) is 30.5 Å². The lowest BCUT2D eigenvalue weighted by Gasteiger charge is -2.22. The lowest BCUT2D eigenvalue weighted by molar-refractivity contribution is 0.171. The maximum Gasteiger partial charge on any atom is 0.161 e. The number of hydrogen-bond donors (Lipinski definition) is 1. The van der Waals surface area contributed by atoms with Gasteiger partial charge >= 0.3 is 0 Å². The SMILES string of the molecule is CNC(Cn1ccc(C)n1)c1ccc2c(c1)OCCO2. The van der Waals surface area contributed by atoms with E-state index < -0.39 is 0 Å². The molecule has 5 heteroatoms. The van der Waals surface area contributed by atoms with Gasteiger partial charge in [0.25, 0.3) is 0 Å². The van der Waals surface area contributed by atoms with E-state index >= 15 is 0 Å². The molecule has 106 valence electrons. The van der Waals surface area contributed by atoms with Crippen molar-refractivity contribution >= 4 is 0 Å². The number of benzene rings is 1. The Kier molecular flexibility index (Phi) is 3.60. The summed E-state index contributed by atoms with van der Waals surface area (Å²) in [7, 11) is 1.96. The Morgan fingerprint density at radius 1 is 1.25 bits per heavy atom. The zero-order valence-electron chi connectivity index (χ0n) is 11.8. The third kappa shape index (κ3) is 2.63. The predicted octanol–water partition coefficient (Wildman–Crippen LogP) is 1.92. The zero-order valence-corrected chi connectivity index (χ0v) is 11.8. The van der Waals surface area contributed by atoms with Crippen LogP contribution in [0.5, 0.6) is 11.5 Å². The summed E-state index contributed by atoms with van der Waals surface area (Å²) in [5.41, 5.74) is 2.20. The minimum atomic E-state index is 0.185. The van der Waals surface area contributed by atoms with E-state index in [0.29, 0.717) is 13.2 Å². The molecule has 0 aliphatic carbocycles. The van der Waals surface area contributed by atoms with Gasteiger partial charge in [-0.3, -0.25) is 4.68 Å². The number of ether oxygens (including phenoxy) is 2. The molecule has 1 aromatic carbocycles. The molecule has 2 heterocycles. The van der Waals surface area contributed by atoms with Gasteiger partial charge in [0.2, 0.25) is 0 Å². The second-order valence-corrected chi connectivity index (χ2v) is 4.92. The first kappa shape index (κ1) is 13.0. The Bertz CT molecular complexity index is 595. The highest BCUT2D eigenvalue weighted by Gasteiger charge is 2.16. The van der Waals surface area contributed by atoms with Crippen LogP contribution in [0, 0.1) is 6.92 Å². The highest BCUT2D eigenvalue weighted by molar-refractivity contribution is 5.44. The van der Waals surface area contributed by atoms with Crippen molar-refractivity contribution in [3.8, 4) is 11.5 Å². The third-order valence-electron chi connectivity index (χ3n) is 3.46. The molecule has 1 aromatic heterocycles. The number of nitrogens with one attached hydrogen (secondary N) is 1. The Labute approximate surface area is 118 Å². The van der Waals surface area contributed by atoms with Crippen molar-refractivity contribution in [3.05, 3.63) is 41.7 Å². The van der Waals surface area contributed by atoms with Crippen LogP contribution in [0.3, 0.4) is 0 Å². The number of likely N-dealkylation sites (N-methyl/N-ethyl adjacent to an activating group) is 1. The first-order chi connectivity index (χ1) is 9.76. The summed E-state index contributed by atoms with van der Waals surface area (Å²) in [4.78, 5) is 0. The van der Waals surface area contributed by atoms with Gasteiger partial charge in [0, 0.05) is 6.20 Å². The first-order valence-corrected chi connectivity index (χ1v) is 6.83. The fraction of sp³-hybridized carbons (Fsp3) is 0.400. The van der Waals surface area contributed by atoms with Crippen LogP contribution >= 0.6 is 0 Å². The molecule has 0 saturated carbocycles. The van der Waals surface area contributed by atoms with Crippen molar-refractivity contribution in [2.75, 3.05) is 20.3 Å². The van der Waals surface area contributed by atoms with Crippen LogP contribution in [0.2, 0.25) is 0 Å². The highest BCUT2D eigenvalue weighted by Crippen LogP contribution is 2.32. The number of aromatic nitrogens is 2. The molecule has 1 unspecified atom stereocenters. The van der Waals surface area contributed by atoms with Crippen molar-refractivity contribution in [1.82, 2.24) is 15.1 Å². The van der Waals surface area contributed by atoms with E-state index in [4.69, 9.17) is 9.47 Å². The molecule has 1 atom stereocenters. The largest absolute Gasteiger partial charge is 0.486 e. The molecular weight excluding hydrogens is 254 g/mol. The summed E-state index contributed by atoms with van der Waals surface area (Å²) in [6.45, 7) is 4.01. The Hall–Kier alpha value is -2.01. The lowest BCUT2D eigenvalue weighted by Crippen LogP contribution is -2.23. The second-order valence-electron chi connectivity index (χ2n) is 4.92. The second kappa shape index (κ2) is 5.54. The standard InChI is InChI=1S/C15H19N3O2/c1-11-5-6-18(17-11)10-13(16-2)12-3-4-14-15(9-12)20-8-7-19-14/h3-6,9,13,16H,7-8,10H2,1-2H3. The monoisotopic (exact) mass is 273 g/mol. The number of nitrogens with zero attached hydrogens (tertiary/aromatic N) is 2. The molecule has 0 fully saturated rings. The van der Waals surface area contributed by atoms with Gasteiger partial charge in [-0.05, 0) is 37.7 Å². The van der Waals surface area contributed by atoms with Gasteiger partial charge in [-0.2, -0.15) is 5.10 Å². The maximum absolute atomic E-state index is 5.64. The van der Waals surface area contributed by atoms with Gasteiger partial charge in [-0.1, -0.05) is 6.07 Å². The van der Waals surface area contributed by atoms with Crippen LogP contribution in [-0.4, -0.2) is 30.0 Å². The minimum absolute atomic E-state index is 0.185. The normalized spacial score (nSPS) is 15.1. The summed E-state index contributed by atoms with van der Waals surface area (Å²) >= 11 is 0. The molecule has 0 radical (unpaired) electrons. The van der Waals surface area contributed by atoms with Gasteiger partial charge in [-0.15, -0.1) is 0 Å². The van der Waals surface area contributed by atoms with E-state index in [9.17, 15) is 0 Å². The average Bonchev–Trinajstić information content (AvgIpc) is 2.89. The number of rotatable bonds is 4. The Balaban J connectivity index is 1.81. The van der Waals surface area contributed by atoms with Gasteiger partial charge in [0.15, 0.2) is 11.5 Å². The summed E-state index contributed by atoms with van der Waals surface area (Å²) in [6, 6.07) is 8.29. The van der Waals surface area contributed by atoms with E-state index in [-0.39, 0.29) is 6.04 Å². The maximum atomic E-state index is 5.64. The van der Waals surface area contributed by atoms with Crippen molar-refractivity contribution in [1.29, 1.82) is 0 Å². The van der Waals surface area contributed by atoms with Crippen molar-refractivity contribution < 1.29 is 9.47 Å². The van der Waals surface area contributed by atoms with Gasteiger partial charge < -0.3 is 14.8 Å². The minimum Gasteiger partial charge on any atom is -0.486 e. The van der Waals surface area contributed by atoms with Gasteiger partial charge in [0.1, 0.15) is 13.2 Å². The van der Waals surface area contributed by atoms with Crippen molar-refractivity contribution in [2.45, 2.75) is 19.5 Å². The van der Waals surface area contributed by atoms with E-state index in [2.05, 4.69) is 16.5 Å². The molecule has 0 spiro atoms. The molecule has 3 rings (SSSR count). The lowest BCUT2D eigenvalue weighted by atomic mass is 10.1. The van der Waals surface area contributed by atoms with Crippen molar-refractivity contribution in [3.63, 3.8) is 0 Å². The molecule has 1 aliphatic rings. The predicted molar refractivity (Wildman–Crippen MR) is 76.2 cm³/mol. The molecule has 1 N–H and O–H groups in total. The summed E-state index contributed by atoms with van der Waals surface area (Å²) in [5, 5.41) is 7.76. The first-order valence-electron chi connectivity index (χ1n) is 6.83. The molecule has 0 saturated heterocycles. The molecule has 1 aliphatic heterocycles. The third-order valence-corrected chi connectivity index (χ3v) is 3.46. The summed E-state index contributed by atoms with van der Waals surface area (Å²) in [6.07, 6.45) is 2.00. The molecule has 2 aromatic rings. The average molecular weight is 273 g/mol. The molecule has 5 nitrogen and oxygen atoms in total. The molecule has 0 bridgehead atoms. The molecular formula is C15H19N3O2. The number of aryl methyl sites for hydroxylation is 1. The van der Waals surface area contributed by atoms with Crippen molar-refractivity contribution in [2.24, 2.45) is 0 Å². The summed E-state index contributed by atoms with van der Waals surface area (Å²) in [5.74, 6) is 1.65. The number of fused-ring (bicyclic) bond motifs is 1. The smallest absolute Gasteiger partial charge is 0.161 e. The van der Waals surface area contributed by atoms with Gasteiger partial charge in [-0.25, -0.2) is 0 Å². The fourth-order valence-electron chi connectivity index (χ4n) is 2.39. The van der Waals surface area contributed by atoms with E-state index in [1.165, 1.54) is 5.56 Å². The molecule has 20 heavy (non-hydrogen) atoms. The van der Waals surface area contributed by atoms with Crippen LogP contribution in [0.1, 0.15) is 17.3 Å². The van der Waals surface area contributed by atoms with E-state index in [1.807, 2.05) is 43.0 Å². The van der Waals surface area contributed by atoms with Crippen LogP contribution in [0.25, 0.3) is 0 Å². The van der Waals surface area contributed by atoms with E-state index in [0.717, 1.165) is 23.7 Å². The Morgan fingerprint density at radius 3 is 2.75 bits per heavy atom. The quantitative estimate of drug-likeness (QED) is 0.924. The highest BCUT2D eigenvalue weighted by atomic mass is 16.6. The summed E-state index contributed by atoms with van der Waals surface area (Å²) < 4.78 is 13.1. The van der Waals surface area contributed by atoms with E-state index in [1.54, 1.807) is 0 Å². The number of hydrogen-bond acceptors (Lipinski definition) is 4. The Morgan fingerprint density at radius 2 is 2.05 bits per heavy atom. The topological polar surface area (TPSA) is 48.3 Å². The van der Waals surface area contributed by atoms with Crippen LogP contribution in [0.4, 0.5) is 0 Å². The van der Waals surface area contributed by atoms with Crippen LogP contribution < -0.4 is 14.8 Å². The molecule has 0 amide bonds. The fourth-order valence-corrected chi connectivity index (χ4v) is 2.39. The zero-order chi connectivity index (χ0) is 13.9. The van der Waals surface area contributed by atoms with Crippen LogP contribution in [-0.2, 0) is 6.54 Å².